The number of rotatable bonds is 4. The summed E-state index contributed by atoms with van der Waals surface area (Å²) in [6, 6.07) is -0.326. The number of hydrogen-bond donors (Lipinski definition) is 0. The smallest absolute Gasteiger partial charge is 0.211 e. The molecule has 1 rings (SSSR count). The second-order valence-corrected chi connectivity index (χ2v) is 6.92. The number of isocyanates is 1. The Bertz CT molecular complexity index is 429. The minimum atomic E-state index is -3.42. The molecular formula is C11H21N3O3S. The maximum Gasteiger partial charge on any atom is 0.282 e. The number of carbonyl (C=O) groups excluding carboxylic acids is 1. The van der Waals surface area contributed by atoms with Crippen LogP contribution in [0.4, 0.5) is 0 Å². The first kappa shape index (κ1) is 15.3. The average molecular weight is 275 g/mol. The van der Waals surface area contributed by atoms with Crippen LogP contribution in [0.15, 0.2) is 4.99 Å². The van der Waals surface area contributed by atoms with Gasteiger partial charge in [0.2, 0.25) is 6.08 Å². The minimum absolute atomic E-state index is 0.0760. The topological polar surface area (TPSA) is 70.1 Å². The van der Waals surface area contributed by atoms with E-state index in [2.05, 4.69) is 4.99 Å². The van der Waals surface area contributed by atoms with Crippen LogP contribution in [-0.4, -0.2) is 54.8 Å². The van der Waals surface area contributed by atoms with Crippen LogP contribution in [0, 0.1) is 0 Å². The lowest BCUT2D eigenvalue weighted by molar-refractivity contribution is 0.227. The highest BCUT2D eigenvalue weighted by atomic mass is 32.2. The largest absolute Gasteiger partial charge is 0.282 e. The molecule has 0 saturated carbocycles. The molecule has 1 fully saturated rings. The summed E-state index contributed by atoms with van der Waals surface area (Å²) >= 11 is 0. The fourth-order valence-electron chi connectivity index (χ4n) is 2.09. The van der Waals surface area contributed by atoms with Crippen LogP contribution in [0.2, 0.25) is 0 Å². The molecular weight excluding hydrogens is 254 g/mol. The van der Waals surface area contributed by atoms with E-state index in [1.165, 1.54) is 8.61 Å². The summed E-state index contributed by atoms with van der Waals surface area (Å²) in [5.74, 6) is 0. The molecule has 1 heterocycles. The van der Waals surface area contributed by atoms with Gasteiger partial charge in [0, 0.05) is 25.7 Å². The Labute approximate surface area is 109 Å². The van der Waals surface area contributed by atoms with E-state index in [0.717, 1.165) is 0 Å². The van der Waals surface area contributed by atoms with Crippen molar-refractivity contribution in [3.63, 3.8) is 0 Å². The van der Waals surface area contributed by atoms with Crippen LogP contribution in [0.1, 0.15) is 33.6 Å². The highest BCUT2D eigenvalue weighted by Crippen LogP contribution is 2.24. The zero-order valence-electron chi connectivity index (χ0n) is 11.3. The van der Waals surface area contributed by atoms with E-state index >= 15 is 0 Å². The van der Waals surface area contributed by atoms with E-state index in [1.54, 1.807) is 13.1 Å². The van der Waals surface area contributed by atoms with Crippen molar-refractivity contribution in [3.05, 3.63) is 0 Å². The Hall–Kier alpha value is -0.750. The first-order valence-corrected chi connectivity index (χ1v) is 7.52. The molecule has 0 bridgehead atoms. The zero-order chi connectivity index (χ0) is 13.9. The summed E-state index contributed by atoms with van der Waals surface area (Å²) < 4.78 is 27.5. The molecule has 0 aliphatic carbocycles. The van der Waals surface area contributed by atoms with Crippen molar-refractivity contribution in [2.24, 2.45) is 4.99 Å². The van der Waals surface area contributed by atoms with Gasteiger partial charge in [0.1, 0.15) is 0 Å². The van der Waals surface area contributed by atoms with Crippen LogP contribution in [0.25, 0.3) is 0 Å². The van der Waals surface area contributed by atoms with Crippen LogP contribution in [0.3, 0.4) is 0 Å². The van der Waals surface area contributed by atoms with Gasteiger partial charge in [0.15, 0.2) is 0 Å². The molecule has 0 aromatic rings. The third-order valence-electron chi connectivity index (χ3n) is 3.41. The van der Waals surface area contributed by atoms with Gasteiger partial charge in [-0.3, -0.25) is 0 Å². The summed E-state index contributed by atoms with van der Waals surface area (Å²) in [7, 11) is -1.84. The minimum Gasteiger partial charge on any atom is -0.211 e. The van der Waals surface area contributed by atoms with E-state index < -0.39 is 10.2 Å². The predicted octanol–water partition coefficient (Wildman–Crippen LogP) is 0.760. The van der Waals surface area contributed by atoms with E-state index in [-0.39, 0.29) is 18.1 Å². The third kappa shape index (κ3) is 3.17. The van der Waals surface area contributed by atoms with Crippen molar-refractivity contribution < 1.29 is 13.2 Å². The van der Waals surface area contributed by atoms with Gasteiger partial charge in [-0.15, -0.1) is 0 Å². The molecule has 2 unspecified atom stereocenters. The lowest BCUT2D eigenvalue weighted by Crippen LogP contribution is -2.52. The summed E-state index contributed by atoms with van der Waals surface area (Å²) in [5, 5.41) is 0. The molecule has 1 aliphatic rings. The van der Waals surface area contributed by atoms with E-state index in [4.69, 9.17) is 0 Å². The molecule has 0 amide bonds. The number of nitrogens with zero attached hydrogens (tertiary/aromatic N) is 3. The predicted molar refractivity (Wildman–Crippen MR) is 69.1 cm³/mol. The lowest BCUT2D eigenvalue weighted by atomic mass is 10.0. The molecule has 2 atom stereocenters. The number of piperidine rings is 1. The molecule has 18 heavy (non-hydrogen) atoms. The third-order valence-corrected chi connectivity index (χ3v) is 5.69. The van der Waals surface area contributed by atoms with E-state index in [1.807, 2.05) is 20.8 Å². The fraction of sp³-hybridized carbons (Fsp3) is 0.909. The van der Waals surface area contributed by atoms with Gasteiger partial charge < -0.3 is 0 Å². The van der Waals surface area contributed by atoms with Crippen molar-refractivity contribution >= 4 is 16.3 Å². The Morgan fingerprint density at radius 2 is 2.06 bits per heavy atom. The van der Waals surface area contributed by atoms with Crippen LogP contribution >= 0.6 is 0 Å². The molecule has 0 aromatic carbocycles. The second-order valence-electron chi connectivity index (χ2n) is 4.98. The zero-order valence-corrected chi connectivity index (χ0v) is 12.1. The Balaban J connectivity index is 2.83. The molecule has 0 N–H and O–H groups in total. The summed E-state index contributed by atoms with van der Waals surface area (Å²) in [6.45, 7) is 5.92. The number of hydrogen-bond acceptors (Lipinski definition) is 4. The van der Waals surface area contributed by atoms with Crippen molar-refractivity contribution in [1.29, 1.82) is 0 Å². The Morgan fingerprint density at radius 1 is 1.44 bits per heavy atom. The molecule has 0 spiro atoms. The van der Waals surface area contributed by atoms with Gasteiger partial charge in [-0.05, 0) is 33.6 Å². The quantitative estimate of drug-likeness (QED) is 0.562. The molecule has 1 aliphatic heterocycles. The first-order chi connectivity index (χ1) is 8.30. The molecule has 0 aromatic heterocycles. The normalized spacial score (nSPS) is 26.3. The molecule has 104 valence electrons. The van der Waals surface area contributed by atoms with Crippen molar-refractivity contribution in [2.75, 3.05) is 13.6 Å². The summed E-state index contributed by atoms with van der Waals surface area (Å²) in [6.07, 6.45) is 2.69. The molecule has 6 nitrogen and oxygen atoms in total. The molecule has 0 radical (unpaired) electrons. The van der Waals surface area contributed by atoms with Crippen molar-refractivity contribution in [1.82, 2.24) is 8.61 Å². The first-order valence-electron chi connectivity index (χ1n) is 6.12. The SMILES string of the molecule is CC(C)N(C)S(=O)(=O)N1CCC(N=C=O)CC1C. The average Bonchev–Trinajstić information content (AvgIpc) is 2.28. The highest BCUT2D eigenvalue weighted by Gasteiger charge is 2.36. The van der Waals surface area contributed by atoms with Crippen molar-refractivity contribution in [2.45, 2.75) is 51.7 Å². The van der Waals surface area contributed by atoms with E-state index in [0.29, 0.717) is 19.4 Å². The Morgan fingerprint density at radius 3 is 2.50 bits per heavy atom. The van der Waals surface area contributed by atoms with Crippen LogP contribution in [0.5, 0.6) is 0 Å². The summed E-state index contributed by atoms with van der Waals surface area (Å²) in [5.41, 5.74) is 0. The van der Waals surface area contributed by atoms with Crippen molar-refractivity contribution in [3.8, 4) is 0 Å². The monoisotopic (exact) mass is 275 g/mol. The number of aliphatic imine (C=N–C) groups is 1. The van der Waals surface area contributed by atoms with Gasteiger partial charge in [-0.25, -0.2) is 9.79 Å². The molecule has 7 heteroatoms. The van der Waals surface area contributed by atoms with Gasteiger partial charge in [0.25, 0.3) is 10.2 Å². The molecule has 1 saturated heterocycles. The second kappa shape index (κ2) is 5.93. The fourth-order valence-corrected chi connectivity index (χ4v) is 3.83. The van der Waals surface area contributed by atoms with Gasteiger partial charge in [-0.2, -0.15) is 17.0 Å². The van der Waals surface area contributed by atoms with E-state index in [9.17, 15) is 13.2 Å². The Kier molecular flexibility index (Phi) is 5.04. The maximum absolute atomic E-state index is 12.3. The maximum atomic E-state index is 12.3. The standard InChI is InChI=1S/C11H21N3O3S/c1-9(2)13(4)18(16,17)14-6-5-11(12-8-15)7-10(14)3/h9-11H,5-7H2,1-4H3. The van der Waals surface area contributed by atoms with Crippen LogP contribution < -0.4 is 0 Å². The van der Waals surface area contributed by atoms with Gasteiger partial charge in [0.05, 0.1) is 6.04 Å². The summed E-state index contributed by atoms with van der Waals surface area (Å²) in [4.78, 5) is 13.9. The lowest BCUT2D eigenvalue weighted by Gasteiger charge is -2.38. The highest BCUT2D eigenvalue weighted by molar-refractivity contribution is 7.86. The van der Waals surface area contributed by atoms with Gasteiger partial charge >= 0.3 is 0 Å². The van der Waals surface area contributed by atoms with Crippen LogP contribution in [-0.2, 0) is 15.0 Å². The van der Waals surface area contributed by atoms with Gasteiger partial charge in [-0.1, -0.05) is 0 Å².